The van der Waals surface area contributed by atoms with Crippen LogP contribution in [0.15, 0.2) is 59.1 Å². The van der Waals surface area contributed by atoms with E-state index >= 15 is 0 Å². The van der Waals surface area contributed by atoms with Crippen LogP contribution in [0, 0.1) is 0 Å². The highest BCUT2D eigenvalue weighted by Gasteiger charge is 2.36. The quantitative estimate of drug-likeness (QED) is 0.496. The molecule has 1 aliphatic rings. The van der Waals surface area contributed by atoms with Gasteiger partial charge in [0.15, 0.2) is 21.3 Å². The maximum absolute atomic E-state index is 13.4. The van der Waals surface area contributed by atoms with Crippen LogP contribution in [0.2, 0.25) is 0 Å². The molecule has 2 aromatic carbocycles. The Morgan fingerprint density at radius 1 is 1.15 bits per heavy atom. The minimum atomic E-state index is -3.18. The number of hydrogen-bond donors (Lipinski definition) is 0. The Balaban J connectivity index is 1.59. The topological polar surface area (TPSA) is 98.9 Å². The molecular formula is C24H26N2O6S. The summed E-state index contributed by atoms with van der Waals surface area (Å²) in [5.41, 5.74) is 1.72. The van der Waals surface area contributed by atoms with E-state index in [1.165, 1.54) is 0 Å². The molecule has 1 aromatic heterocycles. The minimum absolute atomic E-state index is 0.0632. The van der Waals surface area contributed by atoms with Crippen molar-refractivity contribution < 1.29 is 27.2 Å². The summed E-state index contributed by atoms with van der Waals surface area (Å²) in [5.74, 6) is 1.48. The van der Waals surface area contributed by atoms with Crippen molar-refractivity contribution in [1.29, 1.82) is 0 Å². The van der Waals surface area contributed by atoms with E-state index in [0.717, 1.165) is 16.9 Å². The van der Waals surface area contributed by atoms with Crippen molar-refractivity contribution in [1.82, 2.24) is 10.1 Å². The molecule has 0 aliphatic carbocycles. The lowest BCUT2D eigenvalue weighted by Gasteiger charge is -2.27. The molecule has 0 spiro atoms. The van der Waals surface area contributed by atoms with E-state index in [1.54, 1.807) is 18.1 Å². The number of ether oxygens (including phenoxy) is 2. The van der Waals surface area contributed by atoms with Crippen LogP contribution in [-0.2, 0) is 16.4 Å². The number of sulfone groups is 1. The maximum Gasteiger partial charge on any atom is 0.276 e. The van der Waals surface area contributed by atoms with Crippen LogP contribution in [-0.4, -0.2) is 55.6 Å². The first-order chi connectivity index (χ1) is 15.9. The summed E-state index contributed by atoms with van der Waals surface area (Å²) in [5, 5.41) is 3.98. The number of methoxy groups -OCH3 is 1. The summed E-state index contributed by atoms with van der Waals surface area (Å²) in [6, 6.07) is 15.8. The molecule has 9 heteroatoms. The molecule has 4 rings (SSSR count). The van der Waals surface area contributed by atoms with Crippen LogP contribution in [0.1, 0.15) is 29.4 Å². The number of hydrogen-bond acceptors (Lipinski definition) is 7. The third-order valence-electron chi connectivity index (χ3n) is 5.58. The van der Waals surface area contributed by atoms with Crippen LogP contribution >= 0.6 is 0 Å². The highest BCUT2D eigenvalue weighted by molar-refractivity contribution is 7.91. The van der Waals surface area contributed by atoms with Gasteiger partial charge < -0.3 is 18.9 Å². The van der Waals surface area contributed by atoms with Crippen LogP contribution < -0.4 is 9.47 Å². The molecule has 33 heavy (non-hydrogen) atoms. The van der Waals surface area contributed by atoms with Crippen molar-refractivity contribution >= 4 is 15.7 Å². The van der Waals surface area contributed by atoms with Crippen LogP contribution in [0.25, 0.3) is 11.3 Å². The van der Waals surface area contributed by atoms with Crippen molar-refractivity contribution in [2.75, 3.05) is 25.2 Å². The van der Waals surface area contributed by atoms with Gasteiger partial charge in [-0.2, -0.15) is 0 Å². The van der Waals surface area contributed by atoms with E-state index in [1.807, 2.05) is 55.5 Å². The average molecular weight is 471 g/mol. The molecule has 0 saturated carbocycles. The second kappa shape index (κ2) is 9.66. The number of aromatic nitrogens is 1. The molecule has 0 bridgehead atoms. The fraction of sp³-hybridized carbons (Fsp3) is 0.333. The molecule has 3 aromatic rings. The Morgan fingerprint density at radius 2 is 1.94 bits per heavy atom. The number of nitrogens with zero attached hydrogens (tertiary/aromatic N) is 2. The molecule has 1 amide bonds. The van der Waals surface area contributed by atoms with Gasteiger partial charge in [0, 0.05) is 24.2 Å². The molecule has 1 unspecified atom stereocenters. The summed E-state index contributed by atoms with van der Waals surface area (Å²) < 4.78 is 40.4. The van der Waals surface area contributed by atoms with Gasteiger partial charge in [-0.25, -0.2) is 8.42 Å². The lowest BCUT2D eigenvalue weighted by Crippen LogP contribution is -2.40. The molecule has 1 atom stereocenters. The largest absolute Gasteiger partial charge is 0.497 e. The maximum atomic E-state index is 13.4. The molecule has 0 N–H and O–H groups in total. The second-order valence-corrected chi connectivity index (χ2v) is 10.1. The molecule has 1 fully saturated rings. The SMILES string of the molecule is CCOc1ccc(-c2cc(C(=O)N(Cc3cccc(OC)c3)C3CCS(=O)(=O)C3)no2)cc1. The molecule has 0 radical (unpaired) electrons. The minimum Gasteiger partial charge on any atom is -0.497 e. The first-order valence-electron chi connectivity index (χ1n) is 10.7. The van der Waals surface area contributed by atoms with Gasteiger partial charge in [-0.05, 0) is 55.3 Å². The second-order valence-electron chi connectivity index (χ2n) is 7.88. The third-order valence-corrected chi connectivity index (χ3v) is 7.33. The normalized spacial score (nSPS) is 17.0. The van der Waals surface area contributed by atoms with Gasteiger partial charge in [0.05, 0.1) is 25.2 Å². The highest BCUT2D eigenvalue weighted by Crippen LogP contribution is 2.27. The number of carbonyl (C=O) groups is 1. The van der Waals surface area contributed by atoms with Gasteiger partial charge in [0.2, 0.25) is 0 Å². The third kappa shape index (κ3) is 5.36. The molecular weight excluding hydrogens is 444 g/mol. The zero-order valence-electron chi connectivity index (χ0n) is 18.6. The number of carbonyl (C=O) groups excluding carboxylic acids is 1. The first-order valence-corrected chi connectivity index (χ1v) is 12.5. The summed E-state index contributed by atoms with van der Waals surface area (Å²) >= 11 is 0. The molecule has 1 saturated heterocycles. The highest BCUT2D eigenvalue weighted by atomic mass is 32.2. The zero-order valence-corrected chi connectivity index (χ0v) is 19.4. The summed E-state index contributed by atoms with van der Waals surface area (Å²) in [4.78, 5) is 15.0. The van der Waals surface area contributed by atoms with Gasteiger partial charge in [-0.3, -0.25) is 4.79 Å². The molecule has 8 nitrogen and oxygen atoms in total. The zero-order chi connectivity index (χ0) is 23.4. The van der Waals surface area contributed by atoms with E-state index in [0.29, 0.717) is 24.5 Å². The fourth-order valence-corrected chi connectivity index (χ4v) is 5.63. The van der Waals surface area contributed by atoms with E-state index in [9.17, 15) is 13.2 Å². The molecule has 2 heterocycles. The Labute approximate surface area is 193 Å². The van der Waals surface area contributed by atoms with E-state index in [4.69, 9.17) is 14.0 Å². The first kappa shape index (κ1) is 22.8. The fourth-order valence-electron chi connectivity index (χ4n) is 3.90. The van der Waals surface area contributed by atoms with Gasteiger partial charge in [-0.15, -0.1) is 0 Å². The monoisotopic (exact) mass is 470 g/mol. The smallest absolute Gasteiger partial charge is 0.276 e. The number of amides is 1. The predicted molar refractivity (Wildman–Crippen MR) is 123 cm³/mol. The average Bonchev–Trinajstić information content (AvgIpc) is 3.44. The summed E-state index contributed by atoms with van der Waals surface area (Å²) in [6.07, 6.45) is 0.391. The van der Waals surface area contributed by atoms with E-state index in [2.05, 4.69) is 5.16 Å². The van der Waals surface area contributed by atoms with Crippen LogP contribution in [0.4, 0.5) is 0 Å². The van der Waals surface area contributed by atoms with Crippen molar-refractivity contribution in [2.24, 2.45) is 0 Å². The van der Waals surface area contributed by atoms with Crippen LogP contribution in [0.3, 0.4) is 0 Å². The Morgan fingerprint density at radius 3 is 2.61 bits per heavy atom. The van der Waals surface area contributed by atoms with Gasteiger partial charge in [-0.1, -0.05) is 17.3 Å². The molecule has 1 aliphatic heterocycles. The lowest BCUT2D eigenvalue weighted by atomic mass is 10.1. The van der Waals surface area contributed by atoms with Crippen molar-refractivity contribution in [3.05, 3.63) is 65.9 Å². The van der Waals surface area contributed by atoms with Crippen molar-refractivity contribution in [3.63, 3.8) is 0 Å². The van der Waals surface area contributed by atoms with Gasteiger partial charge >= 0.3 is 0 Å². The lowest BCUT2D eigenvalue weighted by molar-refractivity contribution is 0.0670. The van der Waals surface area contributed by atoms with Crippen molar-refractivity contribution in [3.8, 4) is 22.8 Å². The number of rotatable bonds is 8. The standard InChI is InChI=1S/C24H26N2O6S/c1-3-31-20-9-7-18(8-10-20)23-14-22(25-32-23)24(27)26(19-11-12-33(28,29)16-19)15-17-5-4-6-21(13-17)30-2/h4-10,13-14,19H,3,11-12,15-16H2,1-2H3. The summed E-state index contributed by atoms with van der Waals surface area (Å²) in [6.45, 7) is 2.72. The van der Waals surface area contributed by atoms with Gasteiger partial charge in [0.1, 0.15) is 11.5 Å². The van der Waals surface area contributed by atoms with Crippen molar-refractivity contribution in [2.45, 2.75) is 25.9 Å². The van der Waals surface area contributed by atoms with Crippen LogP contribution in [0.5, 0.6) is 11.5 Å². The van der Waals surface area contributed by atoms with E-state index in [-0.39, 0.29) is 29.7 Å². The van der Waals surface area contributed by atoms with E-state index < -0.39 is 15.9 Å². The van der Waals surface area contributed by atoms with Gasteiger partial charge in [0.25, 0.3) is 5.91 Å². The summed E-state index contributed by atoms with van der Waals surface area (Å²) in [7, 11) is -1.61. The Hall–Kier alpha value is -3.33. The number of benzene rings is 2. The predicted octanol–water partition coefficient (Wildman–Crippen LogP) is 3.58. The Kier molecular flexibility index (Phi) is 6.69. The Bertz CT molecular complexity index is 1220. The molecule has 174 valence electrons.